The Morgan fingerprint density at radius 2 is 1.95 bits per heavy atom. The highest BCUT2D eigenvalue weighted by Gasteiger charge is 2.08. The topological polar surface area (TPSA) is 50.9 Å². The van der Waals surface area contributed by atoms with Crippen molar-refractivity contribution in [2.24, 2.45) is 0 Å². The molecule has 20 heavy (non-hydrogen) atoms. The number of nitrogens with two attached hydrogens (primary N) is 1. The number of aryl methyl sites for hydroxylation is 1. The van der Waals surface area contributed by atoms with Crippen LogP contribution in [0.1, 0.15) is 5.56 Å². The van der Waals surface area contributed by atoms with E-state index in [1.54, 1.807) is 12.4 Å². The Hall–Kier alpha value is -2.26. The second-order valence-electron chi connectivity index (χ2n) is 4.68. The summed E-state index contributed by atoms with van der Waals surface area (Å²) in [6, 6.07) is 11.6. The Balaban J connectivity index is 2.14. The van der Waals surface area contributed by atoms with Gasteiger partial charge in [-0.2, -0.15) is 0 Å². The predicted octanol–water partition coefficient (Wildman–Crippen LogP) is 4.52. The lowest BCUT2D eigenvalue weighted by atomic mass is 10.1. The van der Waals surface area contributed by atoms with E-state index in [1.807, 2.05) is 43.3 Å². The van der Waals surface area contributed by atoms with Crippen LogP contribution in [-0.2, 0) is 0 Å². The second-order valence-corrected chi connectivity index (χ2v) is 5.09. The van der Waals surface area contributed by atoms with Gasteiger partial charge in [0.15, 0.2) is 0 Å². The molecule has 0 saturated heterocycles. The number of para-hydroxylation sites is 1. The zero-order chi connectivity index (χ0) is 14.1. The van der Waals surface area contributed by atoms with Crippen molar-refractivity contribution in [3.63, 3.8) is 0 Å². The van der Waals surface area contributed by atoms with Gasteiger partial charge in [0.25, 0.3) is 0 Å². The van der Waals surface area contributed by atoms with E-state index in [9.17, 15) is 0 Å². The van der Waals surface area contributed by atoms with Gasteiger partial charge < -0.3 is 11.1 Å². The van der Waals surface area contributed by atoms with E-state index in [0.717, 1.165) is 33.4 Å². The number of fused-ring (bicyclic) bond motifs is 1. The molecule has 3 aromatic rings. The van der Waals surface area contributed by atoms with Crippen molar-refractivity contribution in [1.29, 1.82) is 0 Å². The van der Waals surface area contributed by atoms with Gasteiger partial charge in [0.1, 0.15) is 0 Å². The van der Waals surface area contributed by atoms with Crippen LogP contribution in [0.2, 0.25) is 5.02 Å². The molecule has 0 aliphatic heterocycles. The molecule has 3 rings (SSSR count). The van der Waals surface area contributed by atoms with E-state index < -0.39 is 0 Å². The third-order valence-electron chi connectivity index (χ3n) is 3.33. The van der Waals surface area contributed by atoms with Crippen LogP contribution < -0.4 is 11.1 Å². The van der Waals surface area contributed by atoms with Crippen LogP contribution in [-0.4, -0.2) is 4.98 Å². The molecule has 1 aromatic heterocycles. The van der Waals surface area contributed by atoms with E-state index in [1.165, 1.54) is 0 Å². The van der Waals surface area contributed by atoms with Crippen molar-refractivity contribution in [1.82, 2.24) is 4.98 Å². The van der Waals surface area contributed by atoms with Crippen LogP contribution in [0.25, 0.3) is 10.8 Å². The fraction of sp³-hybridized carbons (Fsp3) is 0.0625. The minimum Gasteiger partial charge on any atom is -0.398 e. The molecule has 0 unspecified atom stereocenters. The molecule has 100 valence electrons. The van der Waals surface area contributed by atoms with Gasteiger partial charge in [0.05, 0.1) is 10.7 Å². The summed E-state index contributed by atoms with van der Waals surface area (Å²) in [7, 11) is 0. The zero-order valence-electron chi connectivity index (χ0n) is 11.0. The first-order valence-corrected chi connectivity index (χ1v) is 6.69. The summed E-state index contributed by atoms with van der Waals surface area (Å²) in [6.45, 7) is 2.02. The van der Waals surface area contributed by atoms with Crippen LogP contribution in [0, 0.1) is 6.92 Å². The first-order valence-electron chi connectivity index (χ1n) is 6.31. The number of rotatable bonds is 2. The number of hydrogen-bond acceptors (Lipinski definition) is 3. The number of aromatic nitrogens is 1. The summed E-state index contributed by atoms with van der Waals surface area (Å²) in [4.78, 5) is 4.17. The molecule has 4 heteroatoms. The molecule has 1 heterocycles. The Labute approximate surface area is 122 Å². The van der Waals surface area contributed by atoms with Crippen molar-refractivity contribution in [3.8, 4) is 0 Å². The van der Waals surface area contributed by atoms with E-state index >= 15 is 0 Å². The molecule has 3 N–H and O–H groups in total. The van der Waals surface area contributed by atoms with Crippen molar-refractivity contribution in [2.75, 3.05) is 11.1 Å². The molecule has 3 nitrogen and oxygen atoms in total. The minimum absolute atomic E-state index is 0.693. The second kappa shape index (κ2) is 5.02. The van der Waals surface area contributed by atoms with Crippen LogP contribution in [0.4, 0.5) is 17.1 Å². The van der Waals surface area contributed by atoms with E-state index in [0.29, 0.717) is 5.02 Å². The van der Waals surface area contributed by atoms with Crippen molar-refractivity contribution >= 4 is 39.4 Å². The molecule has 0 radical (unpaired) electrons. The molecule has 0 atom stereocenters. The number of anilines is 3. The largest absolute Gasteiger partial charge is 0.398 e. The average molecular weight is 284 g/mol. The van der Waals surface area contributed by atoms with Crippen molar-refractivity contribution < 1.29 is 0 Å². The highest BCUT2D eigenvalue weighted by atomic mass is 35.5. The molecule has 0 spiro atoms. The third kappa shape index (κ3) is 2.17. The lowest BCUT2D eigenvalue weighted by molar-refractivity contribution is 1.36. The highest BCUT2D eigenvalue weighted by molar-refractivity contribution is 6.33. The van der Waals surface area contributed by atoms with Gasteiger partial charge in [0.2, 0.25) is 0 Å². The molecule has 0 aliphatic rings. The summed E-state index contributed by atoms with van der Waals surface area (Å²) >= 11 is 6.26. The van der Waals surface area contributed by atoms with Gasteiger partial charge in [-0.15, -0.1) is 0 Å². The lowest BCUT2D eigenvalue weighted by Crippen LogP contribution is -1.97. The van der Waals surface area contributed by atoms with Gasteiger partial charge >= 0.3 is 0 Å². The number of benzene rings is 2. The lowest BCUT2D eigenvalue weighted by Gasteiger charge is -2.14. The first-order chi connectivity index (χ1) is 9.66. The Morgan fingerprint density at radius 1 is 1.10 bits per heavy atom. The Bertz CT molecular complexity index is 764. The zero-order valence-corrected chi connectivity index (χ0v) is 11.8. The molecule has 0 fully saturated rings. The van der Waals surface area contributed by atoms with Crippen molar-refractivity contribution in [2.45, 2.75) is 6.92 Å². The fourth-order valence-corrected chi connectivity index (χ4v) is 2.52. The maximum absolute atomic E-state index is 6.26. The Morgan fingerprint density at radius 3 is 2.75 bits per heavy atom. The highest BCUT2D eigenvalue weighted by Crippen LogP contribution is 2.33. The van der Waals surface area contributed by atoms with Gasteiger partial charge in [-0.1, -0.05) is 23.7 Å². The van der Waals surface area contributed by atoms with Crippen LogP contribution in [0.5, 0.6) is 0 Å². The SMILES string of the molecule is Cc1cccc(Cl)c1Nc1ccc(N)c2ccncc12. The first kappa shape index (κ1) is 12.8. The maximum Gasteiger partial charge on any atom is 0.0643 e. The van der Waals surface area contributed by atoms with E-state index in [4.69, 9.17) is 17.3 Å². The van der Waals surface area contributed by atoms with Crippen LogP contribution in [0.15, 0.2) is 48.8 Å². The summed E-state index contributed by atoms with van der Waals surface area (Å²) in [5, 5.41) is 6.04. The molecule has 0 aliphatic carbocycles. The van der Waals surface area contributed by atoms with E-state index in [-0.39, 0.29) is 0 Å². The van der Waals surface area contributed by atoms with Gasteiger partial charge in [0, 0.05) is 34.5 Å². The fourth-order valence-electron chi connectivity index (χ4n) is 2.25. The third-order valence-corrected chi connectivity index (χ3v) is 3.65. The van der Waals surface area contributed by atoms with Crippen LogP contribution in [0.3, 0.4) is 0 Å². The number of nitrogens with one attached hydrogen (secondary N) is 1. The molecule has 2 aromatic carbocycles. The molecular weight excluding hydrogens is 270 g/mol. The Kier molecular flexibility index (Phi) is 3.20. The number of pyridine rings is 1. The number of hydrogen-bond donors (Lipinski definition) is 2. The molecule has 0 saturated carbocycles. The summed E-state index contributed by atoms with van der Waals surface area (Å²) in [5.74, 6) is 0. The standard InChI is InChI=1S/C16H14ClN3/c1-10-3-2-4-13(17)16(10)20-15-6-5-14(18)11-7-8-19-9-12(11)15/h2-9,20H,18H2,1H3. The van der Waals surface area contributed by atoms with E-state index in [2.05, 4.69) is 10.3 Å². The van der Waals surface area contributed by atoms with Gasteiger partial charge in [-0.3, -0.25) is 4.98 Å². The monoisotopic (exact) mass is 283 g/mol. The number of nitrogens with zero attached hydrogens (tertiary/aromatic N) is 1. The quantitative estimate of drug-likeness (QED) is 0.680. The summed E-state index contributed by atoms with van der Waals surface area (Å²) in [6.07, 6.45) is 3.55. The molecule has 0 bridgehead atoms. The van der Waals surface area contributed by atoms with Gasteiger partial charge in [-0.05, 0) is 36.8 Å². The average Bonchev–Trinajstić information content (AvgIpc) is 2.46. The smallest absolute Gasteiger partial charge is 0.0643 e. The summed E-state index contributed by atoms with van der Waals surface area (Å²) in [5.41, 5.74) is 9.68. The number of nitrogen functional groups attached to an aromatic ring is 1. The normalized spacial score (nSPS) is 10.7. The van der Waals surface area contributed by atoms with Crippen LogP contribution >= 0.6 is 11.6 Å². The molecule has 0 amide bonds. The number of halogens is 1. The molecular formula is C16H14ClN3. The minimum atomic E-state index is 0.693. The predicted molar refractivity (Wildman–Crippen MR) is 85.6 cm³/mol. The van der Waals surface area contributed by atoms with Gasteiger partial charge in [-0.25, -0.2) is 0 Å². The maximum atomic E-state index is 6.26. The summed E-state index contributed by atoms with van der Waals surface area (Å²) < 4.78 is 0. The van der Waals surface area contributed by atoms with Crippen molar-refractivity contribution in [3.05, 3.63) is 59.4 Å².